The lowest BCUT2D eigenvalue weighted by Gasteiger charge is -2.29. The zero-order valence-electron chi connectivity index (χ0n) is 9.94. The lowest BCUT2D eigenvalue weighted by molar-refractivity contribution is 0.00309. The van der Waals surface area contributed by atoms with Crippen LogP contribution in [0.3, 0.4) is 0 Å². The summed E-state index contributed by atoms with van der Waals surface area (Å²) >= 11 is 0. The molecule has 98 valence electrons. The molecule has 0 aromatic carbocycles. The van der Waals surface area contributed by atoms with Crippen molar-refractivity contribution in [1.29, 1.82) is 5.26 Å². The largest absolute Gasteiger partial charge is 0.478 e. The minimum atomic E-state index is -1.21. The molecule has 2 heterocycles. The number of aromatic nitrogens is 1. The summed E-state index contributed by atoms with van der Waals surface area (Å²) in [6.07, 6.45) is 0.678. The third-order valence-electron chi connectivity index (χ3n) is 2.74. The van der Waals surface area contributed by atoms with Gasteiger partial charge < -0.3 is 14.7 Å². The van der Waals surface area contributed by atoms with Gasteiger partial charge in [-0.1, -0.05) is 0 Å². The molecule has 1 aliphatic rings. The van der Waals surface area contributed by atoms with Crippen LogP contribution in [-0.2, 0) is 4.74 Å². The third-order valence-corrected chi connectivity index (χ3v) is 2.74. The first kappa shape index (κ1) is 13.0. The van der Waals surface area contributed by atoms with Crippen molar-refractivity contribution < 1.29 is 19.4 Å². The van der Waals surface area contributed by atoms with E-state index in [2.05, 4.69) is 4.98 Å². The van der Waals surface area contributed by atoms with Crippen LogP contribution in [0.1, 0.15) is 20.8 Å². The molecule has 1 atom stereocenters. The molecule has 1 fully saturated rings. The highest BCUT2D eigenvalue weighted by molar-refractivity contribution is 6.03. The molecule has 0 bridgehead atoms. The average molecular weight is 261 g/mol. The van der Waals surface area contributed by atoms with E-state index < -0.39 is 18.0 Å². The van der Waals surface area contributed by atoms with Gasteiger partial charge in [-0.3, -0.25) is 9.78 Å². The first-order chi connectivity index (χ1) is 9.13. The van der Waals surface area contributed by atoms with Crippen molar-refractivity contribution in [1.82, 2.24) is 9.88 Å². The van der Waals surface area contributed by atoms with Gasteiger partial charge in [-0.2, -0.15) is 5.26 Å². The Morgan fingerprint density at radius 2 is 2.37 bits per heavy atom. The summed E-state index contributed by atoms with van der Waals surface area (Å²) in [6, 6.07) is 4.70. The number of aromatic carboxylic acids is 1. The van der Waals surface area contributed by atoms with Crippen molar-refractivity contribution in [2.24, 2.45) is 0 Å². The predicted molar refractivity (Wildman–Crippen MR) is 62.5 cm³/mol. The Morgan fingerprint density at radius 3 is 3.05 bits per heavy atom. The predicted octanol–water partition coefficient (Wildman–Crippen LogP) is 0.144. The number of nitrogens with zero attached hydrogens (tertiary/aromatic N) is 3. The Morgan fingerprint density at radius 1 is 1.58 bits per heavy atom. The lowest BCUT2D eigenvalue weighted by atomic mass is 10.1. The molecular formula is C12H11N3O4. The second kappa shape index (κ2) is 5.46. The van der Waals surface area contributed by atoms with Crippen molar-refractivity contribution in [3.8, 4) is 6.07 Å². The van der Waals surface area contributed by atoms with E-state index in [0.717, 1.165) is 0 Å². The maximum absolute atomic E-state index is 12.2. The minimum Gasteiger partial charge on any atom is -0.478 e. The summed E-state index contributed by atoms with van der Waals surface area (Å²) in [6.45, 7) is 0.677. The number of nitriles is 1. The van der Waals surface area contributed by atoms with Crippen LogP contribution in [-0.4, -0.2) is 52.7 Å². The van der Waals surface area contributed by atoms with E-state index in [1.807, 2.05) is 6.07 Å². The van der Waals surface area contributed by atoms with Crippen molar-refractivity contribution in [2.75, 3.05) is 19.7 Å². The Balaban J connectivity index is 2.25. The Hall–Kier alpha value is -2.46. The van der Waals surface area contributed by atoms with Gasteiger partial charge in [0.1, 0.15) is 5.69 Å². The van der Waals surface area contributed by atoms with Crippen LogP contribution in [0.5, 0.6) is 0 Å². The van der Waals surface area contributed by atoms with Gasteiger partial charge in [0, 0.05) is 12.7 Å². The minimum absolute atomic E-state index is 0.116. The SMILES string of the molecule is N#CC1CN(C(=O)c2ncccc2C(=O)O)CCO1. The van der Waals surface area contributed by atoms with Gasteiger partial charge in [0.05, 0.1) is 24.8 Å². The first-order valence-corrected chi connectivity index (χ1v) is 5.62. The van der Waals surface area contributed by atoms with Gasteiger partial charge in [0.2, 0.25) is 0 Å². The second-order valence-electron chi connectivity index (χ2n) is 3.94. The van der Waals surface area contributed by atoms with Crippen LogP contribution in [0.2, 0.25) is 0 Å². The van der Waals surface area contributed by atoms with Gasteiger partial charge >= 0.3 is 5.97 Å². The van der Waals surface area contributed by atoms with Crippen LogP contribution in [0, 0.1) is 11.3 Å². The summed E-state index contributed by atoms with van der Waals surface area (Å²) < 4.78 is 5.13. The fourth-order valence-corrected chi connectivity index (χ4v) is 1.81. The highest BCUT2D eigenvalue weighted by Gasteiger charge is 2.28. The molecule has 19 heavy (non-hydrogen) atoms. The zero-order valence-corrected chi connectivity index (χ0v) is 9.94. The molecule has 7 nitrogen and oxygen atoms in total. The quantitative estimate of drug-likeness (QED) is 0.812. The molecular weight excluding hydrogens is 250 g/mol. The number of carboxylic acid groups (broad SMARTS) is 1. The van der Waals surface area contributed by atoms with Gasteiger partial charge in [0.25, 0.3) is 5.91 Å². The number of carbonyl (C=O) groups is 2. The first-order valence-electron chi connectivity index (χ1n) is 5.62. The van der Waals surface area contributed by atoms with E-state index in [9.17, 15) is 9.59 Å². The van der Waals surface area contributed by atoms with E-state index >= 15 is 0 Å². The summed E-state index contributed by atoms with van der Waals surface area (Å²) in [4.78, 5) is 28.5. The molecule has 1 aliphatic heterocycles. The van der Waals surface area contributed by atoms with Gasteiger partial charge in [-0.25, -0.2) is 4.79 Å². The van der Waals surface area contributed by atoms with Crippen molar-refractivity contribution in [3.63, 3.8) is 0 Å². The van der Waals surface area contributed by atoms with Gasteiger partial charge in [0.15, 0.2) is 6.10 Å². The number of amides is 1. The molecule has 1 saturated heterocycles. The van der Waals surface area contributed by atoms with Gasteiger partial charge in [-0.05, 0) is 12.1 Å². The number of carboxylic acids is 1. The highest BCUT2D eigenvalue weighted by Crippen LogP contribution is 2.12. The Bertz CT molecular complexity index is 552. The molecule has 0 radical (unpaired) electrons. The molecule has 1 amide bonds. The molecule has 1 unspecified atom stereocenters. The number of hydrogen-bond donors (Lipinski definition) is 1. The Kier molecular flexibility index (Phi) is 3.73. The highest BCUT2D eigenvalue weighted by atomic mass is 16.5. The normalized spacial score (nSPS) is 18.7. The number of ether oxygens (including phenoxy) is 1. The number of morpholine rings is 1. The van der Waals surface area contributed by atoms with E-state index in [1.54, 1.807) is 0 Å². The zero-order chi connectivity index (χ0) is 13.8. The van der Waals surface area contributed by atoms with Crippen LogP contribution in [0.15, 0.2) is 18.3 Å². The topological polar surface area (TPSA) is 104 Å². The van der Waals surface area contributed by atoms with Crippen molar-refractivity contribution in [2.45, 2.75) is 6.10 Å². The second-order valence-corrected chi connectivity index (χ2v) is 3.94. The maximum atomic E-state index is 12.2. The monoisotopic (exact) mass is 261 g/mol. The smallest absolute Gasteiger partial charge is 0.338 e. The molecule has 1 N–H and O–H groups in total. The van der Waals surface area contributed by atoms with Crippen molar-refractivity contribution in [3.05, 3.63) is 29.6 Å². The standard InChI is InChI=1S/C12H11N3O4/c13-6-8-7-15(4-5-19-8)11(16)10-9(12(17)18)2-1-3-14-10/h1-3,8H,4-5,7H2,(H,17,18). The van der Waals surface area contributed by atoms with E-state index in [0.29, 0.717) is 6.54 Å². The van der Waals surface area contributed by atoms with E-state index in [4.69, 9.17) is 15.1 Å². The van der Waals surface area contributed by atoms with Crippen molar-refractivity contribution >= 4 is 11.9 Å². The summed E-state index contributed by atoms with van der Waals surface area (Å²) in [5, 5.41) is 17.8. The third kappa shape index (κ3) is 2.69. The summed E-state index contributed by atoms with van der Waals surface area (Å²) in [5.41, 5.74) is -0.263. The number of pyridine rings is 1. The van der Waals surface area contributed by atoms with Crippen LogP contribution in [0.25, 0.3) is 0 Å². The van der Waals surface area contributed by atoms with Crippen LogP contribution in [0.4, 0.5) is 0 Å². The molecule has 1 aromatic heterocycles. The van der Waals surface area contributed by atoms with Crippen LogP contribution < -0.4 is 0 Å². The Labute approximate surface area is 109 Å². The van der Waals surface area contributed by atoms with Crippen LogP contribution >= 0.6 is 0 Å². The van der Waals surface area contributed by atoms with E-state index in [1.165, 1.54) is 23.2 Å². The number of carbonyl (C=O) groups excluding carboxylic acids is 1. The van der Waals surface area contributed by atoms with Gasteiger partial charge in [-0.15, -0.1) is 0 Å². The molecule has 2 rings (SSSR count). The molecule has 0 aliphatic carbocycles. The average Bonchev–Trinajstić information content (AvgIpc) is 2.46. The molecule has 0 spiro atoms. The molecule has 0 saturated carbocycles. The van der Waals surface area contributed by atoms with E-state index in [-0.39, 0.29) is 24.4 Å². The number of hydrogen-bond acceptors (Lipinski definition) is 5. The summed E-state index contributed by atoms with van der Waals surface area (Å²) in [5.74, 6) is -1.71. The maximum Gasteiger partial charge on any atom is 0.338 e. The fourth-order valence-electron chi connectivity index (χ4n) is 1.81. The summed E-state index contributed by atoms with van der Waals surface area (Å²) in [7, 11) is 0. The molecule has 7 heteroatoms. The lowest BCUT2D eigenvalue weighted by Crippen LogP contribution is -2.45. The number of rotatable bonds is 2. The molecule has 1 aromatic rings. The fraction of sp³-hybridized carbons (Fsp3) is 0.333.